The number of rotatable bonds is 6. The van der Waals surface area contributed by atoms with Crippen LogP contribution in [0.3, 0.4) is 0 Å². The molecule has 0 spiro atoms. The van der Waals surface area contributed by atoms with E-state index in [0.717, 1.165) is 19.6 Å². The molecule has 1 aromatic rings. The third-order valence-electron chi connectivity index (χ3n) is 3.65. The summed E-state index contributed by atoms with van der Waals surface area (Å²) in [6, 6.07) is 8.22. The maximum absolute atomic E-state index is 12.7. The van der Waals surface area contributed by atoms with Gasteiger partial charge in [0.05, 0.1) is 6.42 Å². The number of nitrogens with zero attached hydrogens (tertiary/aromatic N) is 1. The Labute approximate surface area is 118 Å². The summed E-state index contributed by atoms with van der Waals surface area (Å²) in [5.41, 5.74) is 0.700. The van der Waals surface area contributed by atoms with Gasteiger partial charge in [-0.15, -0.1) is 0 Å². The minimum absolute atomic E-state index is 0.593. The Morgan fingerprint density at radius 3 is 2.35 bits per heavy atom. The molecule has 0 aromatic heterocycles. The Kier molecular flexibility index (Phi) is 5.43. The fraction of sp³-hybridized carbons (Fsp3) is 0.600. The van der Waals surface area contributed by atoms with Gasteiger partial charge in [0, 0.05) is 19.1 Å². The van der Waals surface area contributed by atoms with Crippen LogP contribution in [0.25, 0.3) is 0 Å². The fourth-order valence-electron chi connectivity index (χ4n) is 2.63. The maximum atomic E-state index is 12.7. The van der Waals surface area contributed by atoms with Gasteiger partial charge in [0.2, 0.25) is 0 Å². The van der Waals surface area contributed by atoms with Crippen LogP contribution < -0.4 is 5.32 Å². The highest BCUT2D eigenvalue weighted by Crippen LogP contribution is 2.29. The van der Waals surface area contributed by atoms with E-state index in [9.17, 15) is 13.2 Å². The smallest absolute Gasteiger partial charge is 0.308 e. The summed E-state index contributed by atoms with van der Waals surface area (Å²) in [6.07, 6.45) is -2.58. The third-order valence-corrected chi connectivity index (χ3v) is 3.65. The van der Waals surface area contributed by atoms with Crippen molar-refractivity contribution in [3.8, 4) is 0 Å². The van der Waals surface area contributed by atoms with E-state index in [1.807, 2.05) is 6.07 Å². The molecule has 20 heavy (non-hydrogen) atoms. The van der Waals surface area contributed by atoms with Crippen LogP contribution in [0, 0.1) is 0 Å². The second-order valence-corrected chi connectivity index (χ2v) is 5.29. The first-order valence-corrected chi connectivity index (χ1v) is 7.12. The fourth-order valence-corrected chi connectivity index (χ4v) is 2.63. The van der Waals surface area contributed by atoms with Gasteiger partial charge in [-0.1, -0.05) is 30.3 Å². The van der Waals surface area contributed by atoms with E-state index in [1.165, 1.54) is 12.8 Å². The van der Waals surface area contributed by atoms with Crippen molar-refractivity contribution in [1.29, 1.82) is 0 Å². The molecule has 1 saturated heterocycles. The Morgan fingerprint density at radius 2 is 1.75 bits per heavy atom. The van der Waals surface area contributed by atoms with Gasteiger partial charge in [-0.2, -0.15) is 13.2 Å². The SMILES string of the molecule is FC(F)(F)CC(NCCN1CCCC1)c1ccccc1. The van der Waals surface area contributed by atoms with Gasteiger partial charge in [0.15, 0.2) is 0 Å². The van der Waals surface area contributed by atoms with Gasteiger partial charge < -0.3 is 10.2 Å². The molecule has 0 saturated carbocycles. The van der Waals surface area contributed by atoms with Crippen molar-refractivity contribution in [2.24, 2.45) is 0 Å². The first kappa shape index (κ1) is 15.3. The highest BCUT2D eigenvalue weighted by Gasteiger charge is 2.32. The van der Waals surface area contributed by atoms with Crippen molar-refractivity contribution in [3.05, 3.63) is 35.9 Å². The summed E-state index contributed by atoms with van der Waals surface area (Å²) in [6.45, 7) is 3.55. The minimum Gasteiger partial charge on any atom is -0.308 e. The van der Waals surface area contributed by atoms with Gasteiger partial charge in [0.25, 0.3) is 0 Å². The number of benzene rings is 1. The molecule has 0 radical (unpaired) electrons. The Balaban J connectivity index is 1.88. The lowest BCUT2D eigenvalue weighted by Crippen LogP contribution is -2.34. The molecule has 1 aromatic carbocycles. The summed E-state index contributed by atoms with van der Waals surface area (Å²) in [5.74, 6) is 0. The minimum atomic E-state index is -4.15. The first-order chi connectivity index (χ1) is 9.54. The Morgan fingerprint density at radius 1 is 1.10 bits per heavy atom. The third kappa shape index (κ3) is 5.13. The van der Waals surface area contributed by atoms with Crippen molar-refractivity contribution < 1.29 is 13.2 Å². The average molecular weight is 286 g/mol. The van der Waals surface area contributed by atoms with Gasteiger partial charge in [-0.3, -0.25) is 0 Å². The molecule has 1 aliphatic rings. The van der Waals surface area contributed by atoms with Crippen molar-refractivity contribution in [2.45, 2.75) is 31.5 Å². The second-order valence-electron chi connectivity index (χ2n) is 5.29. The molecule has 0 bridgehead atoms. The number of likely N-dealkylation sites (tertiary alicyclic amines) is 1. The van der Waals surface area contributed by atoms with Crippen LogP contribution in [-0.2, 0) is 0 Å². The first-order valence-electron chi connectivity index (χ1n) is 7.12. The van der Waals surface area contributed by atoms with Gasteiger partial charge >= 0.3 is 6.18 Å². The van der Waals surface area contributed by atoms with E-state index >= 15 is 0 Å². The van der Waals surface area contributed by atoms with E-state index in [0.29, 0.717) is 12.1 Å². The molecule has 1 heterocycles. The standard InChI is InChI=1S/C15H21F3N2/c16-15(17,18)12-14(13-6-2-1-3-7-13)19-8-11-20-9-4-5-10-20/h1-3,6-7,14,19H,4-5,8-12H2. The number of halogens is 3. The topological polar surface area (TPSA) is 15.3 Å². The van der Waals surface area contributed by atoms with Gasteiger partial charge in [0.1, 0.15) is 0 Å². The summed E-state index contributed by atoms with van der Waals surface area (Å²) in [5, 5.41) is 3.06. The van der Waals surface area contributed by atoms with Crippen LogP contribution in [0.5, 0.6) is 0 Å². The monoisotopic (exact) mass is 286 g/mol. The van der Waals surface area contributed by atoms with Crippen molar-refractivity contribution in [2.75, 3.05) is 26.2 Å². The molecule has 2 nitrogen and oxygen atoms in total. The summed E-state index contributed by atoms with van der Waals surface area (Å²) < 4.78 is 38.0. The zero-order valence-electron chi connectivity index (χ0n) is 11.5. The van der Waals surface area contributed by atoms with Crippen LogP contribution in [-0.4, -0.2) is 37.3 Å². The average Bonchev–Trinajstić information content (AvgIpc) is 2.90. The zero-order chi connectivity index (χ0) is 14.4. The summed E-state index contributed by atoms with van der Waals surface area (Å²) >= 11 is 0. The molecule has 1 atom stereocenters. The second kappa shape index (κ2) is 7.09. The van der Waals surface area contributed by atoms with E-state index < -0.39 is 18.6 Å². The van der Waals surface area contributed by atoms with Crippen LogP contribution in [0.2, 0.25) is 0 Å². The zero-order valence-corrected chi connectivity index (χ0v) is 11.5. The molecule has 5 heteroatoms. The van der Waals surface area contributed by atoms with Crippen molar-refractivity contribution in [3.63, 3.8) is 0 Å². The lowest BCUT2D eigenvalue weighted by Gasteiger charge is -2.22. The summed E-state index contributed by atoms with van der Waals surface area (Å²) in [4.78, 5) is 2.29. The van der Waals surface area contributed by atoms with Crippen LogP contribution in [0.4, 0.5) is 13.2 Å². The van der Waals surface area contributed by atoms with Crippen LogP contribution in [0.15, 0.2) is 30.3 Å². The molecular weight excluding hydrogens is 265 g/mol. The van der Waals surface area contributed by atoms with Gasteiger partial charge in [-0.25, -0.2) is 0 Å². The van der Waals surface area contributed by atoms with E-state index in [4.69, 9.17) is 0 Å². The lowest BCUT2D eigenvalue weighted by atomic mass is 10.0. The van der Waals surface area contributed by atoms with E-state index in [1.54, 1.807) is 24.3 Å². The molecular formula is C15H21F3N2. The number of hydrogen-bond acceptors (Lipinski definition) is 2. The van der Waals surface area contributed by atoms with Crippen molar-refractivity contribution in [1.82, 2.24) is 10.2 Å². The molecule has 1 unspecified atom stereocenters. The van der Waals surface area contributed by atoms with Crippen LogP contribution >= 0.6 is 0 Å². The van der Waals surface area contributed by atoms with E-state index in [2.05, 4.69) is 10.2 Å². The number of alkyl halides is 3. The largest absolute Gasteiger partial charge is 0.390 e. The quantitative estimate of drug-likeness (QED) is 0.862. The number of hydrogen-bond donors (Lipinski definition) is 1. The predicted molar refractivity (Wildman–Crippen MR) is 73.5 cm³/mol. The predicted octanol–water partition coefficient (Wildman–Crippen LogP) is 3.37. The molecule has 0 amide bonds. The maximum Gasteiger partial charge on any atom is 0.390 e. The molecule has 1 fully saturated rings. The van der Waals surface area contributed by atoms with Crippen LogP contribution in [0.1, 0.15) is 30.9 Å². The Hall–Kier alpha value is -1.07. The molecule has 112 valence electrons. The normalized spacial score (nSPS) is 18.4. The number of nitrogens with one attached hydrogen (secondary N) is 1. The highest BCUT2D eigenvalue weighted by atomic mass is 19.4. The lowest BCUT2D eigenvalue weighted by molar-refractivity contribution is -0.140. The van der Waals surface area contributed by atoms with E-state index in [-0.39, 0.29) is 0 Å². The molecule has 1 N–H and O–H groups in total. The van der Waals surface area contributed by atoms with Crippen molar-refractivity contribution >= 4 is 0 Å². The Bertz CT molecular complexity index is 386. The summed E-state index contributed by atoms with van der Waals surface area (Å²) in [7, 11) is 0. The molecule has 0 aliphatic carbocycles. The van der Waals surface area contributed by atoms with Gasteiger partial charge in [-0.05, 0) is 31.5 Å². The highest BCUT2D eigenvalue weighted by molar-refractivity contribution is 5.19. The molecule has 1 aliphatic heterocycles. The molecule has 2 rings (SSSR count).